The Balaban J connectivity index is 2.30. The number of nitrogens with zero attached hydrogens (tertiary/aromatic N) is 2. The summed E-state index contributed by atoms with van der Waals surface area (Å²) in [6.45, 7) is 0. The average molecular weight is 273 g/mol. The fraction of sp³-hybridized carbons (Fsp3) is 0.364. The summed E-state index contributed by atoms with van der Waals surface area (Å²) in [7, 11) is -0.360. The van der Waals surface area contributed by atoms with Gasteiger partial charge in [0.15, 0.2) is 6.19 Å². The van der Waals surface area contributed by atoms with Gasteiger partial charge in [-0.25, -0.2) is 0 Å². The SMILES string of the molecule is N#CNS1=C(c2ccc(C(F)(F)F)nc2)CCC1. The van der Waals surface area contributed by atoms with E-state index in [1.807, 2.05) is 6.19 Å². The van der Waals surface area contributed by atoms with Crippen molar-refractivity contribution in [2.75, 3.05) is 5.75 Å². The van der Waals surface area contributed by atoms with Gasteiger partial charge < -0.3 is 0 Å². The standard InChI is InChI=1S/C11H10F3N3S/c12-11(13,14)10-4-3-8(6-16-10)9-2-1-5-18(9)17-7-15/h3-4,6,17H,1-2,5H2. The van der Waals surface area contributed by atoms with Crippen molar-refractivity contribution in [1.82, 2.24) is 9.71 Å². The molecule has 1 unspecified atom stereocenters. The number of hydrogen-bond donors (Lipinski definition) is 1. The molecule has 0 aromatic carbocycles. The molecule has 0 radical (unpaired) electrons. The van der Waals surface area contributed by atoms with Crippen LogP contribution in [0.3, 0.4) is 0 Å². The van der Waals surface area contributed by atoms with Crippen LogP contribution in [-0.4, -0.2) is 15.6 Å². The van der Waals surface area contributed by atoms with Gasteiger partial charge in [0.2, 0.25) is 0 Å². The second kappa shape index (κ2) is 4.98. The van der Waals surface area contributed by atoms with Crippen LogP contribution < -0.4 is 4.72 Å². The maximum Gasteiger partial charge on any atom is 0.433 e. The molecule has 3 nitrogen and oxygen atoms in total. The lowest BCUT2D eigenvalue weighted by molar-refractivity contribution is -0.141. The molecule has 0 saturated heterocycles. The normalized spacial score (nSPS) is 19.7. The Morgan fingerprint density at radius 1 is 1.39 bits per heavy atom. The first-order valence-corrected chi connectivity index (χ1v) is 6.67. The van der Waals surface area contributed by atoms with E-state index in [1.54, 1.807) is 0 Å². The summed E-state index contributed by atoms with van der Waals surface area (Å²) in [6.07, 6.45) is 0.449. The molecule has 1 aromatic heterocycles. The number of hydrogen-bond acceptors (Lipinski definition) is 3. The minimum atomic E-state index is -4.41. The first-order valence-electron chi connectivity index (χ1n) is 5.27. The van der Waals surface area contributed by atoms with Gasteiger partial charge in [-0.1, -0.05) is 16.7 Å². The lowest BCUT2D eigenvalue weighted by atomic mass is 10.1. The van der Waals surface area contributed by atoms with Crippen molar-refractivity contribution in [2.24, 2.45) is 0 Å². The van der Waals surface area contributed by atoms with E-state index in [1.165, 1.54) is 12.3 Å². The molecule has 0 saturated carbocycles. The zero-order chi connectivity index (χ0) is 13.2. The molecular weight excluding hydrogens is 263 g/mol. The number of halogens is 3. The fourth-order valence-electron chi connectivity index (χ4n) is 1.80. The van der Waals surface area contributed by atoms with Crippen LogP contribution in [0.2, 0.25) is 0 Å². The van der Waals surface area contributed by atoms with Gasteiger partial charge in [-0.05, 0) is 18.9 Å². The molecule has 1 aliphatic heterocycles. The molecule has 0 aliphatic carbocycles. The Hall–Kier alpha value is -1.55. The summed E-state index contributed by atoms with van der Waals surface area (Å²) in [4.78, 5) is 4.42. The van der Waals surface area contributed by atoms with Crippen LogP contribution in [0.5, 0.6) is 0 Å². The lowest BCUT2D eigenvalue weighted by Crippen LogP contribution is -2.09. The first kappa shape index (κ1) is 12.9. The largest absolute Gasteiger partial charge is 0.433 e. The van der Waals surface area contributed by atoms with Crippen molar-refractivity contribution < 1.29 is 13.2 Å². The van der Waals surface area contributed by atoms with E-state index in [4.69, 9.17) is 5.26 Å². The van der Waals surface area contributed by atoms with Gasteiger partial charge in [0, 0.05) is 22.4 Å². The minimum absolute atomic E-state index is 0.360. The summed E-state index contributed by atoms with van der Waals surface area (Å²) in [5.41, 5.74) is -0.204. The molecule has 0 spiro atoms. The summed E-state index contributed by atoms with van der Waals surface area (Å²) in [5, 5.41) is 8.61. The predicted octanol–water partition coefficient (Wildman–Crippen LogP) is 2.67. The lowest BCUT2D eigenvalue weighted by Gasteiger charge is -2.09. The van der Waals surface area contributed by atoms with E-state index in [0.717, 1.165) is 29.5 Å². The zero-order valence-corrected chi connectivity index (χ0v) is 10.1. The highest BCUT2D eigenvalue weighted by Gasteiger charge is 2.32. The molecule has 7 heteroatoms. The van der Waals surface area contributed by atoms with Crippen molar-refractivity contribution in [3.63, 3.8) is 0 Å². The van der Waals surface area contributed by atoms with Crippen LogP contribution in [0.4, 0.5) is 13.2 Å². The Bertz CT molecular complexity index is 514. The van der Waals surface area contributed by atoms with Crippen LogP contribution >= 0.6 is 10.7 Å². The first-order chi connectivity index (χ1) is 8.52. The maximum absolute atomic E-state index is 12.4. The molecule has 0 bridgehead atoms. The summed E-state index contributed by atoms with van der Waals surface area (Å²) < 4.78 is 39.8. The molecule has 1 N–H and O–H groups in total. The summed E-state index contributed by atoms with van der Waals surface area (Å²) in [6, 6.07) is 2.41. The Kier molecular flexibility index (Phi) is 3.57. The molecule has 96 valence electrons. The van der Waals surface area contributed by atoms with Crippen LogP contribution in [0.25, 0.3) is 0 Å². The van der Waals surface area contributed by atoms with Crippen LogP contribution in [-0.2, 0) is 6.18 Å². The number of aromatic nitrogens is 1. The summed E-state index contributed by atoms with van der Waals surface area (Å²) in [5.74, 6) is 0.851. The second-order valence-electron chi connectivity index (χ2n) is 3.77. The van der Waals surface area contributed by atoms with Crippen LogP contribution in [0.15, 0.2) is 18.3 Å². The van der Waals surface area contributed by atoms with E-state index in [9.17, 15) is 13.2 Å². The molecule has 2 heterocycles. The molecule has 18 heavy (non-hydrogen) atoms. The fourth-order valence-corrected chi connectivity index (χ4v) is 3.62. The van der Waals surface area contributed by atoms with Gasteiger partial charge in [-0.15, -0.1) is 0 Å². The quantitative estimate of drug-likeness (QED) is 0.512. The van der Waals surface area contributed by atoms with Gasteiger partial charge in [0.1, 0.15) is 5.69 Å². The van der Waals surface area contributed by atoms with Crippen molar-refractivity contribution in [3.05, 3.63) is 29.6 Å². The number of pyridine rings is 1. The van der Waals surface area contributed by atoms with E-state index in [0.29, 0.717) is 5.56 Å². The van der Waals surface area contributed by atoms with Crippen molar-refractivity contribution in [3.8, 4) is 6.19 Å². The molecule has 0 fully saturated rings. The van der Waals surface area contributed by atoms with Gasteiger partial charge in [-0.2, -0.15) is 18.4 Å². The van der Waals surface area contributed by atoms with Crippen molar-refractivity contribution >= 4 is 15.5 Å². The monoisotopic (exact) mass is 273 g/mol. The highest BCUT2D eigenvalue weighted by atomic mass is 32.2. The van der Waals surface area contributed by atoms with Crippen molar-refractivity contribution in [1.29, 1.82) is 5.26 Å². The molecule has 0 amide bonds. The van der Waals surface area contributed by atoms with Crippen LogP contribution in [0.1, 0.15) is 24.1 Å². The topological polar surface area (TPSA) is 48.7 Å². The Morgan fingerprint density at radius 2 is 2.17 bits per heavy atom. The van der Waals surface area contributed by atoms with Gasteiger partial charge in [0.25, 0.3) is 0 Å². The van der Waals surface area contributed by atoms with E-state index >= 15 is 0 Å². The minimum Gasteiger partial charge on any atom is -0.273 e. The average Bonchev–Trinajstić information content (AvgIpc) is 2.77. The number of rotatable bonds is 2. The molecule has 1 aliphatic rings. The Morgan fingerprint density at radius 3 is 2.72 bits per heavy atom. The number of alkyl halides is 3. The smallest absolute Gasteiger partial charge is 0.273 e. The number of nitrogens with one attached hydrogen (secondary N) is 1. The molecule has 2 rings (SSSR count). The highest BCUT2D eigenvalue weighted by molar-refractivity contribution is 8.15. The third kappa shape index (κ3) is 2.64. The second-order valence-corrected chi connectivity index (χ2v) is 5.65. The van der Waals surface area contributed by atoms with Crippen molar-refractivity contribution in [2.45, 2.75) is 19.0 Å². The third-order valence-corrected chi connectivity index (χ3v) is 4.66. The molecular formula is C11H10F3N3S. The number of nitriles is 1. The van der Waals surface area contributed by atoms with E-state index in [2.05, 4.69) is 9.71 Å². The predicted molar refractivity (Wildman–Crippen MR) is 63.8 cm³/mol. The van der Waals surface area contributed by atoms with Crippen LogP contribution in [0, 0.1) is 11.5 Å². The van der Waals surface area contributed by atoms with E-state index < -0.39 is 11.9 Å². The van der Waals surface area contributed by atoms with Gasteiger partial charge >= 0.3 is 6.18 Å². The summed E-state index contributed by atoms with van der Waals surface area (Å²) >= 11 is 0. The maximum atomic E-state index is 12.4. The molecule has 1 aromatic rings. The van der Waals surface area contributed by atoms with Gasteiger partial charge in [0.05, 0.1) is 0 Å². The highest BCUT2D eigenvalue weighted by Crippen LogP contribution is 2.30. The molecule has 1 atom stereocenters. The van der Waals surface area contributed by atoms with Gasteiger partial charge in [-0.3, -0.25) is 9.71 Å². The third-order valence-electron chi connectivity index (χ3n) is 2.59. The zero-order valence-electron chi connectivity index (χ0n) is 9.29. The Labute approximate surface area is 105 Å². The van der Waals surface area contributed by atoms with E-state index in [-0.39, 0.29) is 10.7 Å².